The maximum atomic E-state index is 12.6. The molecule has 4 rings (SSSR count). The Morgan fingerprint density at radius 1 is 0.968 bits per heavy atom. The first kappa shape index (κ1) is 22.5. The van der Waals surface area contributed by atoms with Crippen LogP contribution in [0.3, 0.4) is 0 Å². The fraction of sp³-hybridized carbons (Fsp3) is 0.520. The average Bonchev–Trinajstić information content (AvgIpc) is 3.22. The number of hydrogen-bond acceptors (Lipinski definition) is 4. The van der Waals surface area contributed by atoms with Crippen LogP contribution in [0.4, 0.5) is 0 Å². The number of ether oxygens (including phenoxy) is 1. The van der Waals surface area contributed by atoms with E-state index in [1.807, 2.05) is 12.1 Å². The lowest BCUT2D eigenvalue weighted by atomic mass is 10.0. The monoisotopic (exact) mass is 442 g/mol. The van der Waals surface area contributed by atoms with Crippen molar-refractivity contribution in [3.05, 3.63) is 54.1 Å². The van der Waals surface area contributed by atoms with Gasteiger partial charge in [-0.15, -0.1) is 0 Å². The summed E-state index contributed by atoms with van der Waals surface area (Å²) in [4.78, 5) is 2.89. The lowest BCUT2D eigenvalue weighted by Gasteiger charge is -2.22. The van der Waals surface area contributed by atoms with E-state index in [1.165, 1.54) is 24.9 Å². The standard InChI is InChI=1S/C25H34N2O3S/c1-20-3-2-15-27(20)16-12-21-4-6-23(7-5-21)24-8-10-25(11-9-24)31(28,29)26-19-22-13-17-30-18-14-22/h4-11,20,22,26H,2-3,12-19H2,1H3. The largest absolute Gasteiger partial charge is 0.381 e. The summed E-state index contributed by atoms with van der Waals surface area (Å²) in [7, 11) is -3.48. The van der Waals surface area contributed by atoms with E-state index in [9.17, 15) is 8.42 Å². The first-order valence-corrected chi connectivity index (χ1v) is 13.0. The van der Waals surface area contributed by atoms with E-state index in [1.54, 1.807) is 12.1 Å². The SMILES string of the molecule is CC1CCCN1CCc1ccc(-c2ccc(S(=O)(=O)NCC3CCOCC3)cc2)cc1. The van der Waals surface area contributed by atoms with E-state index >= 15 is 0 Å². The van der Waals surface area contributed by atoms with Crippen molar-refractivity contribution >= 4 is 10.0 Å². The van der Waals surface area contributed by atoms with E-state index in [4.69, 9.17) is 4.74 Å². The normalized spacial score (nSPS) is 20.9. The molecule has 6 heteroatoms. The second-order valence-corrected chi connectivity index (χ2v) is 10.7. The van der Waals surface area contributed by atoms with Crippen molar-refractivity contribution in [2.24, 2.45) is 5.92 Å². The van der Waals surface area contributed by atoms with Crippen molar-refractivity contribution in [1.82, 2.24) is 9.62 Å². The van der Waals surface area contributed by atoms with Gasteiger partial charge in [-0.3, -0.25) is 0 Å². The summed E-state index contributed by atoms with van der Waals surface area (Å²) < 4.78 is 33.4. The summed E-state index contributed by atoms with van der Waals surface area (Å²) in [6.07, 6.45) is 5.52. The van der Waals surface area contributed by atoms with Crippen molar-refractivity contribution in [3.63, 3.8) is 0 Å². The van der Waals surface area contributed by atoms with E-state index < -0.39 is 10.0 Å². The molecule has 0 spiro atoms. The summed E-state index contributed by atoms with van der Waals surface area (Å²) in [5.74, 6) is 0.356. The number of benzene rings is 2. The van der Waals surface area contributed by atoms with Gasteiger partial charge < -0.3 is 9.64 Å². The van der Waals surface area contributed by atoms with Crippen LogP contribution in [-0.2, 0) is 21.2 Å². The second-order valence-electron chi connectivity index (χ2n) is 8.91. The van der Waals surface area contributed by atoms with Crippen LogP contribution in [0.25, 0.3) is 11.1 Å². The van der Waals surface area contributed by atoms with E-state index in [0.29, 0.717) is 23.4 Å². The molecule has 0 saturated carbocycles. The summed E-state index contributed by atoms with van der Waals surface area (Å²) in [5, 5.41) is 0. The molecule has 5 nitrogen and oxygen atoms in total. The first-order valence-electron chi connectivity index (χ1n) is 11.5. The van der Waals surface area contributed by atoms with Crippen LogP contribution in [0.5, 0.6) is 0 Å². The second kappa shape index (κ2) is 10.3. The van der Waals surface area contributed by atoms with Gasteiger partial charge in [0.05, 0.1) is 4.90 Å². The summed E-state index contributed by atoms with van der Waals surface area (Å²) in [5.41, 5.74) is 3.49. The highest BCUT2D eigenvalue weighted by Crippen LogP contribution is 2.23. The van der Waals surface area contributed by atoms with Crippen molar-refractivity contribution in [2.75, 3.05) is 32.8 Å². The van der Waals surface area contributed by atoms with Crippen molar-refractivity contribution in [3.8, 4) is 11.1 Å². The Hall–Kier alpha value is -1.73. The smallest absolute Gasteiger partial charge is 0.240 e. The number of nitrogens with zero attached hydrogens (tertiary/aromatic N) is 1. The van der Waals surface area contributed by atoms with Gasteiger partial charge in [0.2, 0.25) is 10.0 Å². The summed E-state index contributed by atoms with van der Waals surface area (Å²) >= 11 is 0. The number of hydrogen-bond donors (Lipinski definition) is 1. The fourth-order valence-corrected chi connectivity index (χ4v) is 5.67. The molecule has 2 saturated heterocycles. The zero-order valence-corrected chi connectivity index (χ0v) is 19.2. The molecule has 2 aromatic carbocycles. The molecule has 0 radical (unpaired) electrons. The predicted molar refractivity (Wildman–Crippen MR) is 125 cm³/mol. The quantitative estimate of drug-likeness (QED) is 0.669. The maximum Gasteiger partial charge on any atom is 0.240 e. The topological polar surface area (TPSA) is 58.6 Å². The molecule has 0 aliphatic carbocycles. The molecule has 168 valence electrons. The molecule has 2 aromatic rings. The van der Waals surface area contributed by atoms with Gasteiger partial charge in [-0.2, -0.15) is 0 Å². The van der Waals surface area contributed by atoms with E-state index in [2.05, 4.69) is 40.8 Å². The van der Waals surface area contributed by atoms with Gasteiger partial charge in [-0.25, -0.2) is 13.1 Å². The highest BCUT2D eigenvalue weighted by atomic mass is 32.2. The Kier molecular flexibility index (Phi) is 7.43. The average molecular weight is 443 g/mol. The van der Waals surface area contributed by atoms with Crippen LogP contribution in [0, 0.1) is 5.92 Å². The number of rotatable bonds is 8. The molecule has 2 aliphatic heterocycles. The molecule has 0 aromatic heterocycles. The third kappa shape index (κ3) is 5.95. The minimum Gasteiger partial charge on any atom is -0.381 e. The molecule has 2 fully saturated rings. The Balaban J connectivity index is 1.33. The van der Waals surface area contributed by atoms with E-state index in [0.717, 1.165) is 50.1 Å². The third-order valence-corrected chi connectivity index (χ3v) is 8.17. The van der Waals surface area contributed by atoms with Gasteiger partial charge in [0, 0.05) is 32.3 Å². The van der Waals surface area contributed by atoms with Crippen LogP contribution in [0.15, 0.2) is 53.4 Å². The molecule has 31 heavy (non-hydrogen) atoms. The Morgan fingerprint density at radius 2 is 1.61 bits per heavy atom. The van der Waals surface area contributed by atoms with Gasteiger partial charge >= 0.3 is 0 Å². The maximum absolute atomic E-state index is 12.6. The molecule has 2 heterocycles. The van der Waals surface area contributed by atoms with Crippen LogP contribution in [-0.4, -0.2) is 52.2 Å². The molecule has 1 N–H and O–H groups in total. The lowest BCUT2D eigenvalue weighted by Crippen LogP contribution is -2.32. The Morgan fingerprint density at radius 3 is 2.23 bits per heavy atom. The minimum absolute atomic E-state index is 0.319. The van der Waals surface area contributed by atoms with Crippen LogP contribution in [0.1, 0.15) is 38.2 Å². The van der Waals surface area contributed by atoms with Gasteiger partial charge in [-0.1, -0.05) is 36.4 Å². The summed E-state index contributed by atoms with van der Waals surface area (Å²) in [6, 6.07) is 16.5. The van der Waals surface area contributed by atoms with Gasteiger partial charge in [0.1, 0.15) is 0 Å². The highest BCUT2D eigenvalue weighted by Gasteiger charge is 2.20. The minimum atomic E-state index is -3.48. The van der Waals surface area contributed by atoms with Crippen LogP contribution >= 0.6 is 0 Å². The highest BCUT2D eigenvalue weighted by molar-refractivity contribution is 7.89. The van der Waals surface area contributed by atoms with Gasteiger partial charge in [0.25, 0.3) is 0 Å². The van der Waals surface area contributed by atoms with Crippen LogP contribution < -0.4 is 4.72 Å². The lowest BCUT2D eigenvalue weighted by molar-refractivity contribution is 0.0678. The molecular weight excluding hydrogens is 408 g/mol. The molecule has 1 unspecified atom stereocenters. The Labute approximate surface area is 186 Å². The molecule has 2 aliphatic rings. The molecule has 0 bridgehead atoms. The predicted octanol–water partition coefficient (Wildman–Crippen LogP) is 4.09. The fourth-order valence-electron chi connectivity index (χ4n) is 4.55. The van der Waals surface area contributed by atoms with Gasteiger partial charge in [-0.05, 0) is 80.3 Å². The molecule has 0 amide bonds. The molecule has 1 atom stereocenters. The Bertz CT molecular complexity index is 936. The zero-order valence-electron chi connectivity index (χ0n) is 18.4. The van der Waals surface area contributed by atoms with Crippen LogP contribution in [0.2, 0.25) is 0 Å². The number of sulfonamides is 1. The number of nitrogens with one attached hydrogen (secondary N) is 1. The van der Waals surface area contributed by atoms with Crippen molar-refractivity contribution in [2.45, 2.75) is 50.0 Å². The first-order chi connectivity index (χ1) is 15.0. The number of likely N-dealkylation sites (tertiary alicyclic amines) is 1. The van der Waals surface area contributed by atoms with Gasteiger partial charge in [0.15, 0.2) is 0 Å². The van der Waals surface area contributed by atoms with Crippen molar-refractivity contribution in [1.29, 1.82) is 0 Å². The van der Waals surface area contributed by atoms with Crippen molar-refractivity contribution < 1.29 is 13.2 Å². The molecular formula is C25H34N2O3S. The third-order valence-electron chi connectivity index (χ3n) is 6.73. The zero-order chi connectivity index (χ0) is 21.7. The van der Waals surface area contributed by atoms with E-state index in [-0.39, 0.29) is 0 Å². The summed E-state index contributed by atoms with van der Waals surface area (Å²) in [6.45, 7) is 6.58.